The summed E-state index contributed by atoms with van der Waals surface area (Å²) in [5.41, 5.74) is -1.55. The number of halogens is 3. The molecule has 1 saturated heterocycles. The molecule has 2 fully saturated rings. The van der Waals surface area contributed by atoms with Crippen LogP contribution in [-0.2, 0) is 10.9 Å². The number of alkyl halides is 3. The van der Waals surface area contributed by atoms with E-state index in [-0.39, 0.29) is 35.1 Å². The van der Waals surface area contributed by atoms with Crippen molar-refractivity contribution in [1.29, 1.82) is 0 Å². The van der Waals surface area contributed by atoms with Crippen LogP contribution in [0.15, 0.2) is 23.0 Å². The van der Waals surface area contributed by atoms with E-state index < -0.39 is 23.1 Å². The normalized spacial score (nSPS) is 20.3. The van der Waals surface area contributed by atoms with Gasteiger partial charge in [0.2, 0.25) is 0 Å². The van der Waals surface area contributed by atoms with Crippen molar-refractivity contribution in [3.05, 3.63) is 45.2 Å². The minimum Gasteiger partial charge on any atom is -0.378 e. The summed E-state index contributed by atoms with van der Waals surface area (Å²) in [5, 5.41) is 5.74. The van der Waals surface area contributed by atoms with Crippen molar-refractivity contribution in [3.8, 4) is 0 Å². The van der Waals surface area contributed by atoms with Crippen molar-refractivity contribution in [1.82, 2.24) is 15.6 Å². The van der Waals surface area contributed by atoms with Crippen molar-refractivity contribution in [3.63, 3.8) is 0 Å². The molecule has 9 heteroatoms. The molecule has 1 saturated carbocycles. The third kappa shape index (κ3) is 3.90. The molecule has 0 radical (unpaired) electrons. The van der Waals surface area contributed by atoms with Gasteiger partial charge in [-0.15, -0.1) is 0 Å². The fourth-order valence-electron chi connectivity index (χ4n) is 3.43. The van der Waals surface area contributed by atoms with E-state index in [2.05, 4.69) is 15.6 Å². The maximum Gasteiger partial charge on any atom is 0.418 e. The molecule has 6 nitrogen and oxygen atoms in total. The zero-order chi connectivity index (χ0) is 19.9. The third-order valence-electron chi connectivity index (χ3n) is 5.07. The Balaban J connectivity index is 1.67. The van der Waals surface area contributed by atoms with Crippen molar-refractivity contribution in [2.45, 2.75) is 31.0 Å². The highest BCUT2D eigenvalue weighted by atomic mass is 19.4. The highest BCUT2D eigenvalue weighted by molar-refractivity contribution is 5.95. The van der Waals surface area contributed by atoms with Gasteiger partial charge in [0.1, 0.15) is 5.69 Å². The van der Waals surface area contributed by atoms with Crippen LogP contribution in [0.5, 0.6) is 0 Å². The van der Waals surface area contributed by atoms with Crippen molar-refractivity contribution < 1.29 is 22.7 Å². The number of carbonyl (C=O) groups is 1. The van der Waals surface area contributed by atoms with Crippen molar-refractivity contribution in [2.75, 3.05) is 26.3 Å². The number of aromatic nitrogens is 1. The quantitative estimate of drug-likeness (QED) is 0.741. The molecule has 1 unspecified atom stereocenters. The molecule has 28 heavy (non-hydrogen) atoms. The van der Waals surface area contributed by atoms with Gasteiger partial charge in [0, 0.05) is 30.6 Å². The fourth-order valence-corrected chi connectivity index (χ4v) is 3.43. The van der Waals surface area contributed by atoms with E-state index in [1.54, 1.807) is 0 Å². The predicted molar refractivity (Wildman–Crippen MR) is 96.5 cm³/mol. The lowest BCUT2D eigenvalue weighted by Crippen LogP contribution is -2.48. The van der Waals surface area contributed by atoms with Crippen molar-refractivity contribution in [2.24, 2.45) is 0 Å². The number of carbonyl (C=O) groups excluding carboxylic acids is 1. The molecule has 2 aliphatic rings. The highest BCUT2D eigenvalue weighted by Crippen LogP contribution is 2.43. The van der Waals surface area contributed by atoms with Gasteiger partial charge in [-0.3, -0.25) is 9.59 Å². The van der Waals surface area contributed by atoms with E-state index in [1.165, 1.54) is 6.07 Å². The number of aromatic amines is 1. The van der Waals surface area contributed by atoms with Gasteiger partial charge in [-0.25, -0.2) is 0 Å². The van der Waals surface area contributed by atoms with Gasteiger partial charge in [-0.2, -0.15) is 13.2 Å². The first-order chi connectivity index (χ1) is 13.3. The van der Waals surface area contributed by atoms with E-state index in [0.29, 0.717) is 25.3 Å². The second kappa shape index (κ2) is 7.21. The first-order valence-corrected chi connectivity index (χ1v) is 9.20. The van der Waals surface area contributed by atoms with E-state index in [1.807, 2.05) is 0 Å². The molecule has 1 aromatic heterocycles. The van der Waals surface area contributed by atoms with Crippen LogP contribution in [0, 0.1) is 0 Å². The zero-order valence-electron chi connectivity index (χ0n) is 15.0. The molecular weight excluding hydrogens is 375 g/mol. The first-order valence-electron chi connectivity index (χ1n) is 9.20. The summed E-state index contributed by atoms with van der Waals surface area (Å²) >= 11 is 0. The van der Waals surface area contributed by atoms with Crippen LogP contribution in [0.1, 0.15) is 40.4 Å². The van der Waals surface area contributed by atoms with E-state index in [9.17, 15) is 22.8 Å². The lowest BCUT2D eigenvalue weighted by Gasteiger charge is -2.23. The summed E-state index contributed by atoms with van der Waals surface area (Å²) in [5.74, 6) is -0.566. The van der Waals surface area contributed by atoms with E-state index in [0.717, 1.165) is 25.0 Å². The Morgan fingerprint density at radius 2 is 2.04 bits per heavy atom. The lowest BCUT2D eigenvalue weighted by molar-refractivity contribution is -0.136. The number of hydrogen-bond donors (Lipinski definition) is 3. The first kappa shape index (κ1) is 18.9. The molecule has 2 heterocycles. The van der Waals surface area contributed by atoms with E-state index in [4.69, 9.17) is 4.74 Å². The summed E-state index contributed by atoms with van der Waals surface area (Å²) in [4.78, 5) is 27.4. The molecule has 1 aromatic carbocycles. The minimum atomic E-state index is -4.63. The number of pyridine rings is 1. The van der Waals surface area contributed by atoms with Gasteiger partial charge < -0.3 is 20.4 Å². The molecular formula is C19H20F3N3O3. The summed E-state index contributed by atoms with van der Waals surface area (Å²) in [7, 11) is 0. The van der Waals surface area contributed by atoms with Crippen molar-refractivity contribution >= 4 is 16.8 Å². The average Bonchev–Trinajstić information content (AvgIpc) is 3.50. The van der Waals surface area contributed by atoms with Gasteiger partial charge in [-0.05, 0) is 36.5 Å². The van der Waals surface area contributed by atoms with Gasteiger partial charge in [0.15, 0.2) is 5.43 Å². The molecule has 4 rings (SSSR count). The molecule has 0 spiro atoms. The number of nitrogens with one attached hydrogen (secondary N) is 3. The van der Waals surface area contributed by atoms with Gasteiger partial charge >= 0.3 is 6.18 Å². The maximum absolute atomic E-state index is 13.6. The van der Waals surface area contributed by atoms with Crippen LogP contribution in [0.25, 0.3) is 10.9 Å². The summed E-state index contributed by atoms with van der Waals surface area (Å²) < 4.78 is 46.1. The number of fused-ring (bicyclic) bond motifs is 1. The molecule has 3 N–H and O–H groups in total. The largest absolute Gasteiger partial charge is 0.418 e. The molecule has 1 atom stereocenters. The maximum atomic E-state index is 13.6. The zero-order valence-corrected chi connectivity index (χ0v) is 15.0. The second-order valence-electron chi connectivity index (χ2n) is 7.25. The summed E-state index contributed by atoms with van der Waals surface area (Å²) in [6.07, 6.45) is -3.00. The SMILES string of the molecule is O=C(NCC1COCCN1)c1cc(=O)c2cc(C3CC3)cc(C(F)(F)F)c2[nH]1. The van der Waals surface area contributed by atoms with Gasteiger partial charge in [0.25, 0.3) is 5.91 Å². The van der Waals surface area contributed by atoms with Gasteiger partial charge in [-0.1, -0.05) is 0 Å². The Morgan fingerprint density at radius 1 is 1.25 bits per heavy atom. The topological polar surface area (TPSA) is 83.2 Å². The molecule has 1 aliphatic heterocycles. The molecule has 150 valence electrons. The smallest absolute Gasteiger partial charge is 0.378 e. The monoisotopic (exact) mass is 395 g/mol. The molecule has 1 aliphatic carbocycles. The predicted octanol–water partition coefficient (Wildman–Crippen LogP) is 2.14. The molecule has 2 aromatic rings. The number of hydrogen-bond acceptors (Lipinski definition) is 4. The average molecular weight is 395 g/mol. The minimum absolute atomic E-state index is 0.0457. The third-order valence-corrected chi connectivity index (χ3v) is 5.07. The fraction of sp³-hybridized carbons (Fsp3) is 0.474. The van der Waals surface area contributed by atoms with Crippen LogP contribution in [0.4, 0.5) is 13.2 Å². The Labute approximate surface area is 158 Å². The number of morpholine rings is 1. The number of H-pyrrole nitrogens is 1. The Hall–Kier alpha value is -2.39. The number of rotatable bonds is 4. The number of amides is 1. The second-order valence-corrected chi connectivity index (χ2v) is 7.25. The lowest BCUT2D eigenvalue weighted by atomic mass is 10.0. The van der Waals surface area contributed by atoms with Crippen LogP contribution < -0.4 is 16.1 Å². The van der Waals surface area contributed by atoms with Crippen LogP contribution in [-0.4, -0.2) is 43.2 Å². The number of benzene rings is 1. The van der Waals surface area contributed by atoms with E-state index >= 15 is 0 Å². The Kier molecular flexibility index (Phi) is 4.88. The molecule has 0 bridgehead atoms. The number of ether oxygens (including phenoxy) is 1. The van der Waals surface area contributed by atoms with Crippen LogP contribution in [0.2, 0.25) is 0 Å². The van der Waals surface area contributed by atoms with Crippen LogP contribution in [0.3, 0.4) is 0 Å². The van der Waals surface area contributed by atoms with Gasteiger partial charge in [0.05, 0.1) is 24.3 Å². The van der Waals surface area contributed by atoms with Crippen LogP contribution >= 0.6 is 0 Å². The summed E-state index contributed by atoms with van der Waals surface area (Å²) in [6, 6.07) is 3.56. The Morgan fingerprint density at radius 3 is 2.68 bits per heavy atom. The standard InChI is InChI=1S/C19H20F3N3O3/c20-19(21,22)14-6-11(10-1-2-10)5-13-16(26)7-15(25-17(13)14)18(27)24-8-12-9-28-4-3-23-12/h5-7,10,12,23H,1-4,8-9H2,(H,24,27)(H,25,26). The summed E-state index contributed by atoms with van der Waals surface area (Å²) in [6.45, 7) is 1.92. The molecule has 1 amide bonds. The highest BCUT2D eigenvalue weighted by Gasteiger charge is 2.36. The Bertz CT molecular complexity index is 961.